The number of hydrogen-bond acceptors (Lipinski definition) is 3. The Balaban J connectivity index is 2.34. The molecule has 4 nitrogen and oxygen atoms in total. The molecule has 0 saturated carbocycles. The molecule has 3 N–H and O–H groups in total. The molecule has 1 aromatic rings. The van der Waals surface area contributed by atoms with E-state index in [4.69, 9.17) is 17.3 Å². The summed E-state index contributed by atoms with van der Waals surface area (Å²) in [5, 5.41) is 3.41. The second-order valence-corrected chi connectivity index (χ2v) is 6.68. The summed E-state index contributed by atoms with van der Waals surface area (Å²) < 4.78 is 0. The monoisotopic (exact) mass is 281 g/mol. The fraction of sp³-hybridized carbons (Fsp3) is 0.500. The third-order valence-electron chi connectivity index (χ3n) is 3.12. The Morgan fingerprint density at radius 1 is 1.42 bits per heavy atom. The van der Waals surface area contributed by atoms with Gasteiger partial charge >= 0.3 is 0 Å². The van der Waals surface area contributed by atoms with Crippen LogP contribution in [0.3, 0.4) is 0 Å². The topological polar surface area (TPSA) is 58.4 Å². The lowest BCUT2D eigenvalue weighted by molar-refractivity contribution is -0.116. The quantitative estimate of drug-likeness (QED) is 0.876. The summed E-state index contributed by atoms with van der Waals surface area (Å²) in [5.41, 5.74) is 8.40. The standard InChI is InChI=1S/C14H20ClN3O/c1-14(2,3)7-18(4)11-6-10-8(5-9(11)15)12(16)13(19)17-10/h5-6,12H,7,16H2,1-4H3,(H,17,19). The fourth-order valence-corrected chi connectivity index (χ4v) is 2.70. The lowest BCUT2D eigenvalue weighted by Crippen LogP contribution is -2.29. The first kappa shape index (κ1) is 14.2. The van der Waals surface area contributed by atoms with Crippen LogP contribution in [0.25, 0.3) is 0 Å². The number of nitrogens with one attached hydrogen (secondary N) is 1. The van der Waals surface area contributed by atoms with Crippen LogP contribution in [0.5, 0.6) is 0 Å². The Morgan fingerprint density at radius 3 is 2.63 bits per heavy atom. The van der Waals surface area contributed by atoms with Crippen molar-refractivity contribution in [3.8, 4) is 0 Å². The summed E-state index contributed by atoms with van der Waals surface area (Å²) in [6.45, 7) is 7.37. The third-order valence-corrected chi connectivity index (χ3v) is 3.42. The van der Waals surface area contributed by atoms with Gasteiger partial charge in [0.2, 0.25) is 5.91 Å². The third kappa shape index (κ3) is 2.85. The van der Waals surface area contributed by atoms with Gasteiger partial charge in [0.05, 0.1) is 10.7 Å². The van der Waals surface area contributed by atoms with Gasteiger partial charge in [-0.2, -0.15) is 0 Å². The highest BCUT2D eigenvalue weighted by atomic mass is 35.5. The van der Waals surface area contributed by atoms with Crippen molar-refractivity contribution in [2.45, 2.75) is 26.8 Å². The van der Waals surface area contributed by atoms with Crippen LogP contribution in [0.2, 0.25) is 5.02 Å². The Bertz CT molecular complexity index is 522. The molecule has 2 rings (SSSR count). The van der Waals surface area contributed by atoms with E-state index in [0.29, 0.717) is 5.02 Å². The molecular weight excluding hydrogens is 262 g/mol. The highest BCUT2D eigenvalue weighted by Gasteiger charge is 2.29. The number of anilines is 2. The van der Waals surface area contributed by atoms with Crippen molar-refractivity contribution >= 4 is 28.9 Å². The summed E-state index contributed by atoms with van der Waals surface area (Å²) in [6, 6.07) is 3.07. The van der Waals surface area contributed by atoms with Gasteiger partial charge in [-0.1, -0.05) is 32.4 Å². The molecule has 0 bridgehead atoms. The molecular formula is C14H20ClN3O. The van der Waals surface area contributed by atoms with E-state index in [2.05, 4.69) is 31.0 Å². The molecule has 0 aromatic heterocycles. The molecule has 1 amide bonds. The maximum Gasteiger partial charge on any atom is 0.245 e. The first-order chi connectivity index (χ1) is 8.69. The molecule has 104 valence electrons. The number of benzene rings is 1. The molecule has 19 heavy (non-hydrogen) atoms. The molecule has 1 unspecified atom stereocenters. The maximum absolute atomic E-state index is 11.6. The van der Waals surface area contributed by atoms with Gasteiger partial charge in [-0.15, -0.1) is 0 Å². The zero-order valence-electron chi connectivity index (χ0n) is 11.7. The molecule has 1 aromatic carbocycles. The molecule has 1 heterocycles. The molecule has 0 fully saturated rings. The Morgan fingerprint density at radius 2 is 2.05 bits per heavy atom. The van der Waals surface area contributed by atoms with Gasteiger partial charge in [0.1, 0.15) is 6.04 Å². The molecule has 0 radical (unpaired) electrons. The van der Waals surface area contributed by atoms with E-state index in [9.17, 15) is 4.79 Å². The van der Waals surface area contributed by atoms with Gasteiger partial charge in [0.15, 0.2) is 0 Å². The van der Waals surface area contributed by atoms with Crippen LogP contribution in [0.4, 0.5) is 11.4 Å². The number of nitrogens with two attached hydrogens (primary N) is 1. The minimum Gasteiger partial charge on any atom is -0.373 e. The highest BCUT2D eigenvalue weighted by Crippen LogP contribution is 2.38. The lowest BCUT2D eigenvalue weighted by atomic mass is 9.96. The van der Waals surface area contributed by atoms with Crippen molar-refractivity contribution in [2.75, 3.05) is 23.8 Å². The molecule has 0 aliphatic carbocycles. The normalized spacial score (nSPS) is 18.2. The number of rotatable bonds is 2. The van der Waals surface area contributed by atoms with E-state index in [1.165, 1.54) is 0 Å². The summed E-state index contributed by atoms with van der Waals surface area (Å²) in [5.74, 6) is -0.179. The summed E-state index contributed by atoms with van der Waals surface area (Å²) in [7, 11) is 2.00. The van der Waals surface area contributed by atoms with E-state index >= 15 is 0 Å². The second-order valence-electron chi connectivity index (χ2n) is 6.27. The molecule has 1 aliphatic heterocycles. The Kier molecular flexibility index (Phi) is 3.49. The number of halogens is 1. The van der Waals surface area contributed by atoms with E-state index in [1.54, 1.807) is 6.07 Å². The molecule has 1 atom stereocenters. The number of amides is 1. The second kappa shape index (κ2) is 4.69. The first-order valence-corrected chi connectivity index (χ1v) is 6.68. The van der Waals surface area contributed by atoms with Crippen molar-refractivity contribution in [3.05, 3.63) is 22.7 Å². The van der Waals surface area contributed by atoms with Crippen LogP contribution in [-0.2, 0) is 4.79 Å². The molecule has 0 spiro atoms. The van der Waals surface area contributed by atoms with Crippen molar-refractivity contribution in [1.82, 2.24) is 0 Å². The van der Waals surface area contributed by atoms with Gasteiger partial charge < -0.3 is 16.0 Å². The van der Waals surface area contributed by atoms with Crippen LogP contribution in [0.1, 0.15) is 32.4 Å². The number of nitrogens with zero attached hydrogens (tertiary/aromatic N) is 1. The van der Waals surface area contributed by atoms with Crippen LogP contribution in [0, 0.1) is 5.41 Å². The summed E-state index contributed by atoms with van der Waals surface area (Å²) in [6.07, 6.45) is 0. The van der Waals surface area contributed by atoms with Crippen molar-refractivity contribution in [3.63, 3.8) is 0 Å². The zero-order chi connectivity index (χ0) is 14.4. The predicted octanol–water partition coefficient (Wildman–Crippen LogP) is 2.77. The van der Waals surface area contributed by atoms with E-state index < -0.39 is 6.04 Å². The maximum atomic E-state index is 11.6. The Hall–Kier alpha value is -1.26. The van der Waals surface area contributed by atoms with Crippen LogP contribution in [0.15, 0.2) is 12.1 Å². The minimum absolute atomic E-state index is 0.163. The average Bonchev–Trinajstić information content (AvgIpc) is 2.52. The van der Waals surface area contributed by atoms with Gasteiger partial charge in [0, 0.05) is 24.8 Å². The van der Waals surface area contributed by atoms with Crippen molar-refractivity contribution in [1.29, 1.82) is 0 Å². The highest BCUT2D eigenvalue weighted by molar-refractivity contribution is 6.33. The fourth-order valence-electron chi connectivity index (χ4n) is 2.38. The van der Waals surface area contributed by atoms with E-state index in [0.717, 1.165) is 23.5 Å². The minimum atomic E-state index is -0.616. The SMILES string of the molecule is CN(CC(C)(C)C)c1cc2c(cc1Cl)C(N)C(=O)N2. The van der Waals surface area contributed by atoms with Crippen LogP contribution < -0.4 is 16.0 Å². The van der Waals surface area contributed by atoms with Gasteiger partial charge in [-0.05, 0) is 17.5 Å². The van der Waals surface area contributed by atoms with Gasteiger partial charge in [0.25, 0.3) is 0 Å². The predicted molar refractivity (Wildman–Crippen MR) is 79.7 cm³/mol. The van der Waals surface area contributed by atoms with Crippen LogP contribution in [-0.4, -0.2) is 19.5 Å². The largest absolute Gasteiger partial charge is 0.373 e. The molecule has 1 aliphatic rings. The molecule has 5 heteroatoms. The van der Waals surface area contributed by atoms with Gasteiger partial charge in [-0.3, -0.25) is 4.79 Å². The summed E-state index contributed by atoms with van der Waals surface area (Å²) in [4.78, 5) is 13.7. The average molecular weight is 282 g/mol. The van der Waals surface area contributed by atoms with Crippen molar-refractivity contribution < 1.29 is 4.79 Å². The zero-order valence-corrected chi connectivity index (χ0v) is 12.5. The Labute approximate surface area is 118 Å². The molecule has 0 saturated heterocycles. The van der Waals surface area contributed by atoms with Crippen molar-refractivity contribution in [2.24, 2.45) is 11.1 Å². The summed E-state index contributed by atoms with van der Waals surface area (Å²) >= 11 is 6.31. The number of hydrogen-bond donors (Lipinski definition) is 2. The lowest BCUT2D eigenvalue weighted by Gasteiger charge is -2.29. The number of carbonyl (C=O) groups excluding carboxylic acids is 1. The van der Waals surface area contributed by atoms with Gasteiger partial charge in [-0.25, -0.2) is 0 Å². The van der Waals surface area contributed by atoms with Crippen LogP contribution >= 0.6 is 11.6 Å². The smallest absolute Gasteiger partial charge is 0.245 e. The van der Waals surface area contributed by atoms with E-state index in [-0.39, 0.29) is 11.3 Å². The first-order valence-electron chi connectivity index (χ1n) is 6.30. The number of fused-ring (bicyclic) bond motifs is 1. The number of carbonyl (C=O) groups is 1. The van der Waals surface area contributed by atoms with E-state index in [1.807, 2.05) is 13.1 Å².